The molecule has 0 spiro atoms. The Kier molecular flexibility index (Phi) is 7.02. The van der Waals surface area contributed by atoms with Gasteiger partial charge in [0.15, 0.2) is 0 Å². The molecule has 0 aliphatic carbocycles. The molecule has 118 valence electrons. The summed E-state index contributed by atoms with van der Waals surface area (Å²) in [6.45, 7) is 7.24. The van der Waals surface area contributed by atoms with E-state index in [0.29, 0.717) is 0 Å². The van der Waals surface area contributed by atoms with Crippen molar-refractivity contribution in [3.8, 4) is 17.0 Å². The second-order valence-electron chi connectivity index (χ2n) is 4.52. The first-order chi connectivity index (χ1) is 10.5. The number of nitrogens with zero attached hydrogens (tertiary/aromatic N) is 2. The second kappa shape index (κ2) is 8.51. The summed E-state index contributed by atoms with van der Waals surface area (Å²) >= 11 is 3.48. The van der Waals surface area contributed by atoms with Crippen LogP contribution < -0.4 is 4.74 Å². The van der Waals surface area contributed by atoms with Gasteiger partial charge in [-0.15, -0.1) is 0 Å². The molecule has 1 aromatic carbocycles. The Morgan fingerprint density at radius 1 is 1.32 bits per heavy atom. The van der Waals surface area contributed by atoms with Crippen LogP contribution >= 0.6 is 15.9 Å². The molecular weight excluding hydrogens is 348 g/mol. The van der Waals surface area contributed by atoms with E-state index in [1.165, 1.54) is 5.56 Å². The van der Waals surface area contributed by atoms with Crippen molar-refractivity contribution in [2.75, 3.05) is 7.11 Å². The summed E-state index contributed by atoms with van der Waals surface area (Å²) in [5.41, 5.74) is 4.65. The fraction of sp³-hybridized carbons (Fsp3) is 0.375. The second-order valence-corrected chi connectivity index (χ2v) is 5.43. The van der Waals surface area contributed by atoms with E-state index in [1.807, 2.05) is 12.1 Å². The van der Waals surface area contributed by atoms with Gasteiger partial charge in [0, 0.05) is 16.6 Å². The molecule has 1 aromatic heterocycles. The molecule has 1 heterocycles. The van der Waals surface area contributed by atoms with Crippen molar-refractivity contribution < 1.29 is 14.3 Å². The summed E-state index contributed by atoms with van der Waals surface area (Å²) in [5, 5.41) is 4.67. The van der Waals surface area contributed by atoms with E-state index in [0.717, 1.165) is 40.1 Å². The smallest absolute Gasteiger partial charge is 0.373 e. The highest BCUT2D eigenvalue weighted by molar-refractivity contribution is 9.10. The van der Waals surface area contributed by atoms with Gasteiger partial charge >= 0.3 is 6.15 Å². The van der Waals surface area contributed by atoms with Gasteiger partial charge in [0.2, 0.25) is 0 Å². The Morgan fingerprint density at radius 2 is 1.95 bits per heavy atom. The molecule has 22 heavy (non-hydrogen) atoms. The molecule has 5 nitrogen and oxygen atoms in total. The molecule has 0 bridgehead atoms. The summed E-state index contributed by atoms with van der Waals surface area (Å²) < 4.78 is 8.58. The van der Waals surface area contributed by atoms with Gasteiger partial charge in [-0.1, -0.05) is 22.9 Å². The lowest BCUT2D eigenvalue weighted by atomic mass is 10.0. The fourth-order valence-corrected chi connectivity index (χ4v) is 2.71. The fourth-order valence-electron chi connectivity index (χ4n) is 2.37. The topological polar surface area (TPSA) is 61.2 Å². The number of aromatic nitrogens is 2. The molecule has 0 aliphatic rings. The molecule has 0 radical (unpaired) electrons. The predicted octanol–water partition coefficient (Wildman–Crippen LogP) is 3.63. The molecular formula is C16H19BrN2O3. The zero-order valence-corrected chi connectivity index (χ0v) is 14.7. The van der Waals surface area contributed by atoms with Gasteiger partial charge in [-0.05, 0) is 44.0 Å². The van der Waals surface area contributed by atoms with E-state index in [9.17, 15) is 0 Å². The van der Waals surface area contributed by atoms with Crippen molar-refractivity contribution in [3.63, 3.8) is 0 Å². The van der Waals surface area contributed by atoms with Crippen molar-refractivity contribution in [2.24, 2.45) is 0 Å². The van der Waals surface area contributed by atoms with Crippen LogP contribution in [0.4, 0.5) is 0 Å². The maximum absolute atomic E-state index is 8.12. The normalized spacial score (nSPS) is 9.68. The van der Waals surface area contributed by atoms with E-state index in [4.69, 9.17) is 14.3 Å². The number of methoxy groups -OCH3 is 1. The summed E-state index contributed by atoms with van der Waals surface area (Å²) in [6, 6.07) is 6.11. The van der Waals surface area contributed by atoms with Gasteiger partial charge in [0.1, 0.15) is 5.75 Å². The van der Waals surface area contributed by atoms with Crippen LogP contribution in [0.5, 0.6) is 5.75 Å². The summed E-state index contributed by atoms with van der Waals surface area (Å²) in [5.74, 6) is 0.870. The lowest BCUT2D eigenvalue weighted by Gasteiger charge is -2.11. The number of halogens is 1. The third-order valence-electron chi connectivity index (χ3n) is 3.34. The molecule has 0 saturated carbocycles. The lowest BCUT2D eigenvalue weighted by Crippen LogP contribution is -2.01. The molecule has 0 unspecified atom stereocenters. The average molecular weight is 367 g/mol. The van der Waals surface area contributed by atoms with Crippen LogP contribution in [0.25, 0.3) is 11.3 Å². The zero-order valence-electron chi connectivity index (χ0n) is 13.1. The Hall–Kier alpha value is -1.91. The molecule has 2 aromatic rings. The predicted molar refractivity (Wildman–Crippen MR) is 86.7 cm³/mol. The number of ether oxygens (including phenoxy) is 1. The highest BCUT2D eigenvalue weighted by atomic mass is 79.9. The van der Waals surface area contributed by atoms with Crippen molar-refractivity contribution in [2.45, 2.75) is 33.7 Å². The minimum atomic E-state index is 0.250. The number of carbonyl (C=O) groups excluding carboxylic acids is 2. The number of rotatable bonds is 4. The molecule has 0 N–H and O–H groups in total. The zero-order chi connectivity index (χ0) is 16.7. The third-order valence-corrected chi connectivity index (χ3v) is 3.83. The van der Waals surface area contributed by atoms with E-state index in [-0.39, 0.29) is 6.15 Å². The Bertz CT molecular complexity index is 674. The average Bonchev–Trinajstić information content (AvgIpc) is 2.84. The summed E-state index contributed by atoms with van der Waals surface area (Å²) in [7, 11) is 1.70. The molecule has 0 atom stereocenters. The van der Waals surface area contributed by atoms with Crippen LogP contribution in [0.1, 0.15) is 25.1 Å². The van der Waals surface area contributed by atoms with Crippen LogP contribution in [0.3, 0.4) is 0 Å². The van der Waals surface area contributed by atoms with E-state index in [1.54, 1.807) is 7.11 Å². The minimum Gasteiger partial charge on any atom is -0.496 e. The molecule has 0 saturated heterocycles. The van der Waals surface area contributed by atoms with Crippen LogP contribution in [0.2, 0.25) is 0 Å². The van der Waals surface area contributed by atoms with Crippen LogP contribution in [-0.4, -0.2) is 23.0 Å². The summed E-state index contributed by atoms with van der Waals surface area (Å²) in [4.78, 5) is 16.2. The number of benzene rings is 1. The Morgan fingerprint density at radius 3 is 2.45 bits per heavy atom. The highest BCUT2D eigenvalue weighted by Gasteiger charge is 2.17. The lowest BCUT2D eigenvalue weighted by molar-refractivity contribution is -0.191. The summed E-state index contributed by atoms with van der Waals surface area (Å²) in [6.07, 6.45) is 1.20. The third kappa shape index (κ3) is 3.84. The SMILES string of the molecule is CCc1nn(CC)c(-c2ccc(Br)cc2OC)c1C.O=C=O. The maximum atomic E-state index is 8.12. The first kappa shape index (κ1) is 18.1. The molecule has 0 aliphatic heterocycles. The van der Waals surface area contributed by atoms with Crippen molar-refractivity contribution >= 4 is 22.1 Å². The van der Waals surface area contributed by atoms with Crippen molar-refractivity contribution in [3.05, 3.63) is 33.9 Å². The standard InChI is InChI=1S/C15H19BrN2O.CO2/c1-5-13-10(3)15(18(6-2)17-13)12-8-7-11(16)9-14(12)19-4;2-1-3/h7-9H,5-6H2,1-4H3;. The van der Waals surface area contributed by atoms with Crippen LogP contribution in [0.15, 0.2) is 22.7 Å². The van der Waals surface area contributed by atoms with E-state index >= 15 is 0 Å². The molecule has 2 rings (SSSR count). The molecule has 0 fully saturated rings. The van der Waals surface area contributed by atoms with Crippen LogP contribution in [-0.2, 0) is 22.6 Å². The Balaban J connectivity index is 0.000000745. The number of hydrogen-bond donors (Lipinski definition) is 0. The molecule has 0 amide bonds. The monoisotopic (exact) mass is 366 g/mol. The van der Waals surface area contributed by atoms with Gasteiger partial charge in [-0.3, -0.25) is 4.68 Å². The first-order valence-corrected chi connectivity index (χ1v) is 7.72. The van der Waals surface area contributed by atoms with Gasteiger partial charge in [-0.2, -0.15) is 14.7 Å². The van der Waals surface area contributed by atoms with E-state index < -0.39 is 0 Å². The first-order valence-electron chi connectivity index (χ1n) is 6.93. The van der Waals surface area contributed by atoms with Crippen LogP contribution in [0, 0.1) is 6.92 Å². The minimum absolute atomic E-state index is 0.250. The van der Waals surface area contributed by atoms with Gasteiger partial charge in [-0.25, -0.2) is 0 Å². The van der Waals surface area contributed by atoms with Gasteiger partial charge in [0.05, 0.1) is 18.5 Å². The quantitative estimate of drug-likeness (QED) is 0.828. The number of aryl methyl sites for hydroxylation is 2. The van der Waals surface area contributed by atoms with Crippen molar-refractivity contribution in [1.29, 1.82) is 0 Å². The maximum Gasteiger partial charge on any atom is 0.373 e. The van der Waals surface area contributed by atoms with E-state index in [2.05, 4.69) is 52.5 Å². The van der Waals surface area contributed by atoms with Gasteiger partial charge in [0.25, 0.3) is 0 Å². The number of hydrogen-bond acceptors (Lipinski definition) is 4. The largest absolute Gasteiger partial charge is 0.496 e. The van der Waals surface area contributed by atoms with Gasteiger partial charge < -0.3 is 4.74 Å². The highest BCUT2D eigenvalue weighted by Crippen LogP contribution is 2.35. The molecule has 6 heteroatoms. The Labute approximate surface area is 138 Å². The van der Waals surface area contributed by atoms with Crippen molar-refractivity contribution in [1.82, 2.24) is 9.78 Å².